The smallest absolute Gasteiger partial charge is 0.240 e. The van der Waals surface area contributed by atoms with Gasteiger partial charge in [0.2, 0.25) is 5.91 Å². The third-order valence-electron chi connectivity index (χ3n) is 3.63. The summed E-state index contributed by atoms with van der Waals surface area (Å²) < 4.78 is 0. The third-order valence-corrected chi connectivity index (χ3v) is 3.63. The molecule has 1 unspecified atom stereocenters. The van der Waals surface area contributed by atoms with E-state index in [1.54, 1.807) is 0 Å². The van der Waals surface area contributed by atoms with Crippen LogP contribution >= 0.6 is 0 Å². The molecule has 1 amide bonds. The van der Waals surface area contributed by atoms with Crippen LogP contribution in [0.5, 0.6) is 0 Å². The van der Waals surface area contributed by atoms with Gasteiger partial charge in [-0.1, -0.05) is 18.8 Å². The fraction of sp³-hybridized carbons (Fsp3) is 0.786. The highest BCUT2D eigenvalue weighted by molar-refractivity contribution is 5.82. The van der Waals surface area contributed by atoms with E-state index < -0.39 is 0 Å². The lowest BCUT2D eigenvalue weighted by Gasteiger charge is -2.25. The molecule has 1 saturated carbocycles. The van der Waals surface area contributed by atoms with Crippen molar-refractivity contribution in [2.75, 3.05) is 19.6 Å². The Hall–Kier alpha value is -1.01. The lowest BCUT2D eigenvalue weighted by atomic mass is 10.1. The minimum atomic E-state index is 0.00426. The minimum absolute atomic E-state index is 0.00426. The topological polar surface area (TPSA) is 32.3 Å². The number of nitrogens with one attached hydrogen (secondary N) is 1. The predicted molar refractivity (Wildman–Crippen MR) is 68.4 cm³/mol. The lowest BCUT2D eigenvalue weighted by Crippen LogP contribution is -2.47. The van der Waals surface area contributed by atoms with Crippen LogP contribution in [0.3, 0.4) is 0 Å². The molecular formula is C14H22N2O. The number of rotatable bonds is 4. The van der Waals surface area contributed by atoms with E-state index in [1.165, 1.54) is 25.7 Å². The fourth-order valence-corrected chi connectivity index (χ4v) is 2.41. The highest BCUT2D eigenvalue weighted by Gasteiger charge is 2.30. The van der Waals surface area contributed by atoms with Gasteiger partial charge in [-0.05, 0) is 38.1 Å². The molecule has 1 heterocycles. The van der Waals surface area contributed by atoms with Crippen molar-refractivity contribution in [2.45, 2.75) is 44.6 Å². The van der Waals surface area contributed by atoms with Crippen molar-refractivity contribution in [3.05, 3.63) is 0 Å². The normalized spacial score (nSPS) is 24.8. The Labute approximate surface area is 104 Å². The number of hydrogen-bond acceptors (Lipinski definition) is 2. The average Bonchev–Trinajstić information content (AvgIpc) is 3.14. The molecule has 0 spiro atoms. The summed E-state index contributed by atoms with van der Waals surface area (Å²) >= 11 is 0. The molecule has 0 radical (unpaired) electrons. The zero-order valence-electron chi connectivity index (χ0n) is 10.5. The van der Waals surface area contributed by atoms with Crippen molar-refractivity contribution in [1.82, 2.24) is 10.2 Å². The second-order valence-electron chi connectivity index (χ2n) is 5.22. The van der Waals surface area contributed by atoms with Crippen LogP contribution < -0.4 is 5.32 Å². The number of hydrogen-bond donors (Lipinski definition) is 1. The largest absolute Gasteiger partial charge is 0.330 e. The van der Waals surface area contributed by atoms with Crippen molar-refractivity contribution < 1.29 is 4.79 Å². The maximum atomic E-state index is 12.4. The van der Waals surface area contributed by atoms with Crippen LogP contribution in [-0.4, -0.2) is 36.5 Å². The molecule has 1 aliphatic heterocycles. The SMILES string of the molecule is C#CCN(CC1CC1)C(=O)C1CCCCCN1. The molecule has 0 aromatic rings. The predicted octanol–water partition coefficient (Wildman–Crippen LogP) is 1.39. The first kappa shape index (κ1) is 12.4. The highest BCUT2D eigenvalue weighted by Crippen LogP contribution is 2.30. The molecule has 3 nitrogen and oxygen atoms in total. The summed E-state index contributed by atoms with van der Waals surface area (Å²) in [5, 5.41) is 3.35. The zero-order valence-corrected chi connectivity index (χ0v) is 10.5. The standard InChI is InChI=1S/C14H22N2O/c1-2-10-16(11-12-7-8-12)14(17)13-6-4-3-5-9-15-13/h1,12-13,15H,3-11H2. The fourth-order valence-electron chi connectivity index (χ4n) is 2.41. The summed E-state index contributed by atoms with van der Waals surface area (Å²) in [6, 6.07) is 0.00426. The van der Waals surface area contributed by atoms with E-state index in [2.05, 4.69) is 11.2 Å². The van der Waals surface area contributed by atoms with Crippen LogP contribution in [0.4, 0.5) is 0 Å². The van der Waals surface area contributed by atoms with E-state index in [1.807, 2.05) is 4.90 Å². The van der Waals surface area contributed by atoms with Crippen LogP contribution in [-0.2, 0) is 4.79 Å². The Morgan fingerprint density at radius 3 is 2.82 bits per heavy atom. The first-order chi connectivity index (χ1) is 8.31. The summed E-state index contributed by atoms with van der Waals surface area (Å²) in [4.78, 5) is 14.2. The number of carbonyl (C=O) groups excluding carboxylic acids is 1. The molecule has 1 N–H and O–H groups in total. The van der Waals surface area contributed by atoms with Crippen LogP contribution in [0.1, 0.15) is 38.5 Å². The van der Waals surface area contributed by atoms with Gasteiger partial charge < -0.3 is 10.2 Å². The number of carbonyl (C=O) groups is 1. The maximum Gasteiger partial charge on any atom is 0.240 e. The molecule has 3 heteroatoms. The monoisotopic (exact) mass is 234 g/mol. The molecule has 0 aromatic heterocycles. The first-order valence-electron chi connectivity index (χ1n) is 6.77. The van der Waals surface area contributed by atoms with E-state index in [9.17, 15) is 4.79 Å². The van der Waals surface area contributed by atoms with Gasteiger partial charge in [0.05, 0.1) is 12.6 Å². The van der Waals surface area contributed by atoms with Crippen LogP contribution in [0.25, 0.3) is 0 Å². The second-order valence-corrected chi connectivity index (χ2v) is 5.22. The van der Waals surface area contributed by atoms with Gasteiger partial charge in [-0.2, -0.15) is 0 Å². The molecule has 2 fully saturated rings. The van der Waals surface area contributed by atoms with Gasteiger partial charge in [-0.3, -0.25) is 4.79 Å². The van der Waals surface area contributed by atoms with E-state index in [0.717, 1.165) is 25.9 Å². The van der Waals surface area contributed by atoms with Crippen molar-refractivity contribution in [1.29, 1.82) is 0 Å². The summed E-state index contributed by atoms with van der Waals surface area (Å²) in [5.41, 5.74) is 0. The Kier molecular flexibility index (Phi) is 4.44. The molecular weight excluding hydrogens is 212 g/mol. The first-order valence-corrected chi connectivity index (χ1v) is 6.77. The zero-order chi connectivity index (χ0) is 12.1. The maximum absolute atomic E-state index is 12.4. The Bertz CT molecular complexity index is 296. The second kappa shape index (κ2) is 6.07. The van der Waals surface area contributed by atoms with Gasteiger partial charge >= 0.3 is 0 Å². The number of nitrogens with zero attached hydrogens (tertiary/aromatic N) is 1. The molecule has 2 aliphatic rings. The molecule has 1 atom stereocenters. The Balaban J connectivity index is 1.90. The van der Waals surface area contributed by atoms with Crippen LogP contribution in [0.2, 0.25) is 0 Å². The van der Waals surface area contributed by atoms with Gasteiger partial charge in [-0.25, -0.2) is 0 Å². The van der Waals surface area contributed by atoms with Gasteiger partial charge in [0.1, 0.15) is 0 Å². The third kappa shape index (κ3) is 3.74. The van der Waals surface area contributed by atoms with E-state index in [-0.39, 0.29) is 11.9 Å². The Morgan fingerprint density at radius 2 is 2.12 bits per heavy atom. The molecule has 0 aromatic carbocycles. The van der Waals surface area contributed by atoms with Crippen molar-refractivity contribution >= 4 is 5.91 Å². The highest BCUT2D eigenvalue weighted by atomic mass is 16.2. The number of terminal acetylenes is 1. The summed E-state index contributed by atoms with van der Waals surface area (Å²) in [6.07, 6.45) is 12.4. The van der Waals surface area contributed by atoms with Gasteiger partial charge in [0.15, 0.2) is 0 Å². The molecule has 1 saturated heterocycles. The van der Waals surface area contributed by atoms with E-state index in [4.69, 9.17) is 6.42 Å². The van der Waals surface area contributed by atoms with Crippen LogP contribution in [0.15, 0.2) is 0 Å². The van der Waals surface area contributed by atoms with Crippen molar-refractivity contribution in [3.63, 3.8) is 0 Å². The summed E-state index contributed by atoms with van der Waals surface area (Å²) in [5.74, 6) is 3.54. The average molecular weight is 234 g/mol. The van der Waals surface area contributed by atoms with Gasteiger partial charge in [0.25, 0.3) is 0 Å². The quantitative estimate of drug-likeness (QED) is 0.746. The van der Waals surface area contributed by atoms with Crippen LogP contribution in [0, 0.1) is 18.3 Å². The molecule has 17 heavy (non-hydrogen) atoms. The van der Waals surface area contributed by atoms with Gasteiger partial charge in [0, 0.05) is 6.54 Å². The minimum Gasteiger partial charge on any atom is -0.330 e. The molecule has 0 bridgehead atoms. The summed E-state index contributed by atoms with van der Waals surface area (Å²) in [7, 11) is 0. The lowest BCUT2D eigenvalue weighted by molar-refractivity contribution is -0.133. The van der Waals surface area contributed by atoms with Crippen molar-refractivity contribution in [3.8, 4) is 12.3 Å². The number of amides is 1. The van der Waals surface area contributed by atoms with E-state index >= 15 is 0 Å². The Morgan fingerprint density at radius 1 is 1.29 bits per heavy atom. The molecule has 1 aliphatic carbocycles. The molecule has 2 rings (SSSR count). The van der Waals surface area contributed by atoms with E-state index in [0.29, 0.717) is 12.5 Å². The van der Waals surface area contributed by atoms with Gasteiger partial charge in [-0.15, -0.1) is 6.42 Å². The summed E-state index contributed by atoms with van der Waals surface area (Å²) in [6.45, 7) is 2.29. The van der Waals surface area contributed by atoms with Crippen molar-refractivity contribution in [2.24, 2.45) is 5.92 Å². The molecule has 94 valence electrons.